The number of carbonyl (C=O) groups excluding carboxylic acids is 1. The van der Waals surface area contributed by atoms with Crippen molar-refractivity contribution in [1.82, 2.24) is 15.5 Å². The van der Waals surface area contributed by atoms with Gasteiger partial charge >= 0.3 is 5.97 Å². The van der Waals surface area contributed by atoms with Crippen molar-refractivity contribution < 1.29 is 19.2 Å². The number of nitrogens with two attached hydrogens (primary N) is 1. The number of hydrogen-bond donors (Lipinski definition) is 3. The van der Waals surface area contributed by atoms with E-state index in [2.05, 4.69) is 15.5 Å². The number of aliphatic carboxylic acids is 1. The highest BCUT2D eigenvalue weighted by atomic mass is 16.5. The Balaban J connectivity index is 2.22. The van der Waals surface area contributed by atoms with Gasteiger partial charge < -0.3 is 20.7 Å². The second-order valence-electron chi connectivity index (χ2n) is 3.82. The minimum Gasteiger partial charge on any atom is -0.481 e. The topological polar surface area (TPSA) is 131 Å². The summed E-state index contributed by atoms with van der Waals surface area (Å²) in [4.78, 5) is 25.7. The molecule has 18 heavy (non-hydrogen) atoms. The third-order valence-corrected chi connectivity index (χ3v) is 2.21. The highest BCUT2D eigenvalue weighted by Crippen LogP contribution is 1.97. The zero-order chi connectivity index (χ0) is 13.5. The molecule has 1 heterocycles. The number of amides is 1. The van der Waals surface area contributed by atoms with Crippen molar-refractivity contribution in [2.75, 3.05) is 6.54 Å². The molecule has 0 saturated heterocycles. The van der Waals surface area contributed by atoms with Gasteiger partial charge in [-0.15, -0.1) is 0 Å². The van der Waals surface area contributed by atoms with Crippen molar-refractivity contribution in [3.8, 4) is 0 Å². The maximum atomic E-state index is 11.5. The number of carboxylic acid groups (broad SMARTS) is 1. The first kappa shape index (κ1) is 14.1. The fourth-order valence-electron chi connectivity index (χ4n) is 1.28. The molecule has 4 N–H and O–H groups in total. The average molecular weight is 256 g/mol. The van der Waals surface area contributed by atoms with Crippen molar-refractivity contribution in [2.45, 2.75) is 32.2 Å². The summed E-state index contributed by atoms with van der Waals surface area (Å²) in [6.45, 7) is 2.02. The van der Waals surface area contributed by atoms with Gasteiger partial charge in [-0.05, 0) is 13.3 Å². The summed E-state index contributed by atoms with van der Waals surface area (Å²) in [5.41, 5.74) is 5.52. The molecular formula is C10H16N4O4. The van der Waals surface area contributed by atoms with E-state index in [1.165, 1.54) is 0 Å². The van der Waals surface area contributed by atoms with Gasteiger partial charge in [0.25, 0.3) is 0 Å². The first-order valence-electron chi connectivity index (χ1n) is 5.53. The minimum absolute atomic E-state index is 0.112. The molecule has 1 rings (SSSR count). The van der Waals surface area contributed by atoms with Gasteiger partial charge in [0.15, 0.2) is 5.82 Å². The van der Waals surface area contributed by atoms with E-state index in [9.17, 15) is 9.59 Å². The lowest BCUT2D eigenvalue weighted by molar-refractivity contribution is -0.137. The largest absolute Gasteiger partial charge is 0.481 e. The molecule has 0 bridgehead atoms. The van der Waals surface area contributed by atoms with Crippen molar-refractivity contribution >= 4 is 11.9 Å². The molecule has 0 aliphatic carbocycles. The van der Waals surface area contributed by atoms with E-state index >= 15 is 0 Å². The molecule has 1 amide bonds. The van der Waals surface area contributed by atoms with Crippen LogP contribution in [0.4, 0.5) is 0 Å². The molecule has 8 heteroatoms. The van der Waals surface area contributed by atoms with Gasteiger partial charge in [-0.3, -0.25) is 9.59 Å². The summed E-state index contributed by atoms with van der Waals surface area (Å²) in [5.74, 6) is -0.381. The quantitative estimate of drug-likeness (QED) is 0.583. The van der Waals surface area contributed by atoms with Crippen LogP contribution in [0.3, 0.4) is 0 Å². The van der Waals surface area contributed by atoms with Crippen LogP contribution in [-0.4, -0.2) is 39.7 Å². The van der Waals surface area contributed by atoms with Gasteiger partial charge in [-0.25, -0.2) is 0 Å². The van der Waals surface area contributed by atoms with Crippen LogP contribution in [-0.2, 0) is 16.0 Å². The normalized spacial score (nSPS) is 12.1. The Morgan fingerprint density at radius 1 is 1.56 bits per heavy atom. The third kappa shape index (κ3) is 4.91. The van der Waals surface area contributed by atoms with Crippen molar-refractivity contribution in [3.05, 3.63) is 11.7 Å². The summed E-state index contributed by atoms with van der Waals surface area (Å²) < 4.78 is 4.86. The Kier molecular flexibility index (Phi) is 5.25. The van der Waals surface area contributed by atoms with Crippen LogP contribution in [0.15, 0.2) is 4.52 Å². The summed E-state index contributed by atoms with van der Waals surface area (Å²) in [7, 11) is 0. The smallest absolute Gasteiger partial charge is 0.303 e. The van der Waals surface area contributed by atoms with E-state index in [0.717, 1.165) is 0 Å². The van der Waals surface area contributed by atoms with Crippen molar-refractivity contribution in [3.63, 3.8) is 0 Å². The van der Waals surface area contributed by atoms with Gasteiger partial charge in [0.2, 0.25) is 11.8 Å². The molecule has 0 aromatic carbocycles. The highest BCUT2D eigenvalue weighted by Gasteiger charge is 2.14. The lowest BCUT2D eigenvalue weighted by Gasteiger charge is -2.10. The van der Waals surface area contributed by atoms with Gasteiger partial charge in [-0.1, -0.05) is 5.16 Å². The zero-order valence-electron chi connectivity index (χ0n) is 10.0. The van der Waals surface area contributed by atoms with Gasteiger partial charge in [0, 0.05) is 19.4 Å². The molecule has 0 saturated carbocycles. The lowest BCUT2D eigenvalue weighted by atomic mass is 10.1. The van der Waals surface area contributed by atoms with Crippen molar-refractivity contribution in [1.29, 1.82) is 0 Å². The number of aromatic nitrogens is 2. The Hall–Kier alpha value is -1.96. The molecule has 1 aromatic rings. The van der Waals surface area contributed by atoms with Crippen LogP contribution in [0.2, 0.25) is 0 Å². The monoisotopic (exact) mass is 256 g/mol. The number of hydrogen-bond acceptors (Lipinski definition) is 6. The highest BCUT2D eigenvalue weighted by molar-refractivity contribution is 5.82. The Morgan fingerprint density at radius 2 is 2.28 bits per heavy atom. The molecule has 0 fully saturated rings. The van der Waals surface area contributed by atoms with Crippen molar-refractivity contribution in [2.24, 2.45) is 5.73 Å². The molecule has 1 aromatic heterocycles. The summed E-state index contributed by atoms with van der Waals surface area (Å²) in [6, 6.07) is -0.814. The van der Waals surface area contributed by atoms with Crippen LogP contribution in [0.1, 0.15) is 24.6 Å². The van der Waals surface area contributed by atoms with E-state index in [1.807, 2.05) is 0 Å². The van der Waals surface area contributed by atoms with Crippen LogP contribution >= 0.6 is 0 Å². The average Bonchev–Trinajstić information content (AvgIpc) is 2.71. The van der Waals surface area contributed by atoms with Gasteiger partial charge in [0.1, 0.15) is 0 Å². The standard InChI is InChI=1S/C10H16N4O4/c1-6-13-8(18-14-6)4-5-12-10(17)7(11)2-3-9(15)16/h7H,2-5,11H2,1H3,(H,12,17)(H,15,16). The van der Waals surface area contributed by atoms with Gasteiger partial charge in [-0.2, -0.15) is 4.98 Å². The first-order chi connectivity index (χ1) is 8.49. The van der Waals surface area contributed by atoms with Crippen LogP contribution in [0.25, 0.3) is 0 Å². The van der Waals surface area contributed by atoms with E-state index in [4.69, 9.17) is 15.4 Å². The number of nitrogens with one attached hydrogen (secondary N) is 1. The van der Waals surface area contributed by atoms with Crippen LogP contribution in [0.5, 0.6) is 0 Å². The predicted octanol–water partition coefficient (Wildman–Crippen LogP) is -0.771. The number of rotatable bonds is 7. The molecule has 8 nitrogen and oxygen atoms in total. The maximum Gasteiger partial charge on any atom is 0.303 e. The maximum absolute atomic E-state index is 11.5. The molecule has 100 valence electrons. The van der Waals surface area contributed by atoms with Gasteiger partial charge in [0.05, 0.1) is 6.04 Å². The summed E-state index contributed by atoms with van der Waals surface area (Å²) >= 11 is 0. The molecule has 0 aliphatic heterocycles. The summed E-state index contributed by atoms with van der Waals surface area (Å²) in [6.07, 6.45) is 0.399. The van der Waals surface area contributed by atoms with E-state index in [1.54, 1.807) is 6.92 Å². The lowest BCUT2D eigenvalue weighted by Crippen LogP contribution is -2.41. The fraction of sp³-hybridized carbons (Fsp3) is 0.600. The number of carbonyl (C=O) groups is 2. The van der Waals surface area contributed by atoms with Crippen LogP contribution < -0.4 is 11.1 Å². The number of carboxylic acids is 1. The predicted molar refractivity (Wildman–Crippen MR) is 60.6 cm³/mol. The third-order valence-electron chi connectivity index (χ3n) is 2.21. The van der Waals surface area contributed by atoms with E-state index < -0.39 is 12.0 Å². The SMILES string of the molecule is Cc1noc(CCNC(=O)C(N)CCC(=O)O)n1. The van der Waals surface area contributed by atoms with E-state index in [-0.39, 0.29) is 18.7 Å². The van der Waals surface area contributed by atoms with E-state index in [0.29, 0.717) is 24.7 Å². The Bertz CT molecular complexity index is 418. The Labute approximate surface area is 104 Å². The molecular weight excluding hydrogens is 240 g/mol. The second kappa shape index (κ2) is 6.70. The zero-order valence-corrected chi connectivity index (χ0v) is 10.0. The minimum atomic E-state index is -0.973. The second-order valence-corrected chi connectivity index (χ2v) is 3.82. The Morgan fingerprint density at radius 3 is 2.83 bits per heavy atom. The van der Waals surface area contributed by atoms with Crippen LogP contribution in [0, 0.1) is 6.92 Å². The molecule has 0 spiro atoms. The number of nitrogens with zero attached hydrogens (tertiary/aromatic N) is 2. The molecule has 0 aliphatic rings. The fourth-order valence-corrected chi connectivity index (χ4v) is 1.28. The summed E-state index contributed by atoms with van der Waals surface area (Å²) in [5, 5.41) is 14.6. The molecule has 1 atom stereocenters. The number of aryl methyl sites for hydroxylation is 1. The molecule has 1 unspecified atom stereocenters. The molecule has 0 radical (unpaired) electrons. The first-order valence-corrected chi connectivity index (χ1v) is 5.53.